The van der Waals surface area contributed by atoms with E-state index in [0.29, 0.717) is 31.8 Å². The summed E-state index contributed by atoms with van der Waals surface area (Å²) in [5, 5.41) is 0. The molecule has 0 atom stereocenters. The minimum Gasteiger partial charge on any atom is -0.490 e. The van der Waals surface area contributed by atoms with E-state index in [4.69, 9.17) is 4.74 Å². The number of carbonyl (C=O) groups is 1. The van der Waals surface area contributed by atoms with Crippen LogP contribution >= 0.6 is 0 Å². The van der Waals surface area contributed by atoms with Crippen LogP contribution in [0.4, 0.5) is 4.39 Å². The van der Waals surface area contributed by atoms with Crippen LogP contribution in [0.3, 0.4) is 0 Å². The second-order valence-corrected chi connectivity index (χ2v) is 6.74. The van der Waals surface area contributed by atoms with Gasteiger partial charge < -0.3 is 9.64 Å². The van der Waals surface area contributed by atoms with Crippen molar-refractivity contribution in [2.75, 3.05) is 19.7 Å². The summed E-state index contributed by atoms with van der Waals surface area (Å²) in [4.78, 5) is 13.0. The SMILES string of the molecule is CC(=O)N1CCC(F)(COC2=CC[CH]C=C2C2CCC2)CC1. The molecule has 1 amide bonds. The van der Waals surface area contributed by atoms with Crippen LogP contribution in [0.2, 0.25) is 0 Å². The standard InChI is InChI=1S/C18H25FNO2/c1-14(21)20-11-9-18(19,10-12-20)13-22-17-8-3-2-7-16(17)15-5-4-6-15/h2,7-8,15H,3-6,9-13H2,1H3. The number of rotatable bonds is 4. The van der Waals surface area contributed by atoms with Crippen molar-refractivity contribution in [3.05, 3.63) is 29.9 Å². The summed E-state index contributed by atoms with van der Waals surface area (Å²) < 4.78 is 20.8. The number of piperidine rings is 1. The molecule has 0 N–H and O–H groups in total. The summed E-state index contributed by atoms with van der Waals surface area (Å²) in [6.07, 6.45) is 11.7. The van der Waals surface area contributed by atoms with Crippen molar-refractivity contribution in [2.24, 2.45) is 5.92 Å². The molecule has 2 fully saturated rings. The number of allylic oxidation sites excluding steroid dienone is 3. The van der Waals surface area contributed by atoms with Gasteiger partial charge in [-0.15, -0.1) is 0 Å². The largest absolute Gasteiger partial charge is 0.490 e. The zero-order valence-corrected chi connectivity index (χ0v) is 13.3. The van der Waals surface area contributed by atoms with Crippen molar-refractivity contribution in [3.8, 4) is 0 Å². The Morgan fingerprint density at radius 2 is 2.14 bits per heavy atom. The molecule has 3 aliphatic rings. The summed E-state index contributed by atoms with van der Waals surface area (Å²) in [5.74, 6) is 1.51. The fourth-order valence-electron chi connectivity index (χ4n) is 3.34. The molecule has 0 aromatic heterocycles. The molecule has 3 rings (SSSR count). The summed E-state index contributed by atoms with van der Waals surface area (Å²) in [7, 11) is 0. The van der Waals surface area contributed by atoms with Gasteiger partial charge in [0.1, 0.15) is 18.0 Å². The lowest BCUT2D eigenvalue weighted by Gasteiger charge is -2.37. The Kier molecular flexibility index (Phi) is 4.55. The first-order valence-corrected chi connectivity index (χ1v) is 8.38. The van der Waals surface area contributed by atoms with Crippen LogP contribution in [0.25, 0.3) is 0 Å². The second kappa shape index (κ2) is 6.43. The number of nitrogens with zero attached hydrogens (tertiary/aromatic N) is 1. The Bertz CT molecular complexity index is 485. The molecule has 2 aliphatic carbocycles. The van der Waals surface area contributed by atoms with Crippen LogP contribution in [-0.2, 0) is 9.53 Å². The van der Waals surface area contributed by atoms with Gasteiger partial charge in [0.2, 0.25) is 5.91 Å². The Balaban J connectivity index is 1.54. The minimum atomic E-state index is -1.31. The number of hydrogen-bond donors (Lipinski definition) is 0. The van der Waals surface area contributed by atoms with Crippen LogP contribution in [0.15, 0.2) is 23.5 Å². The summed E-state index contributed by atoms with van der Waals surface area (Å²) in [6.45, 7) is 2.63. The van der Waals surface area contributed by atoms with Crippen molar-refractivity contribution in [3.63, 3.8) is 0 Å². The number of halogens is 1. The van der Waals surface area contributed by atoms with E-state index < -0.39 is 5.67 Å². The zero-order chi connectivity index (χ0) is 15.6. The van der Waals surface area contributed by atoms with E-state index in [1.807, 2.05) is 0 Å². The maximum absolute atomic E-state index is 14.9. The predicted molar refractivity (Wildman–Crippen MR) is 83.7 cm³/mol. The molecule has 1 radical (unpaired) electrons. The lowest BCUT2D eigenvalue weighted by molar-refractivity contribution is -0.132. The number of likely N-dealkylation sites (tertiary alicyclic amines) is 1. The summed E-state index contributed by atoms with van der Waals surface area (Å²) in [6, 6.07) is 0. The Morgan fingerprint density at radius 3 is 2.73 bits per heavy atom. The molecular formula is C18H25FNO2. The third-order valence-corrected chi connectivity index (χ3v) is 5.16. The third kappa shape index (κ3) is 3.36. The normalized spacial score (nSPS) is 25.1. The Morgan fingerprint density at radius 1 is 1.41 bits per heavy atom. The van der Waals surface area contributed by atoms with Crippen molar-refractivity contribution >= 4 is 5.91 Å². The number of amides is 1. The van der Waals surface area contributed by atoms with Gasteiger partial charge >= 0.3 is 0 Å². The van der Waals surface area contributed by atoms with Gasteiger partial charge in [0.05, 0.1) is 0 Å². The van der Waals surface area contributed by atoms with E-state index in [-0.39, 0.29) is 12.5 Å². The Labute approximate surface area is 132 Å². The van der Waals surface area contributed by atoms with E-state index in [2.05, 4.69) is 18.6 Å². The average molecular weight is 306 g/mol. The lowest BCUT2D eigenvalue weighted by atomic mass is 9.77. The van der Waals surface area contributed by atoms with Crippen molar-refractivity contribution in [1.29, 1.82) is 0 Å². The quantitative estimate of drug-likeness (QED) is 0.794. The zero-order valence-electron chi connectivity index (χ0n) is 13.3. The van der Waals surface area contributed by atoms with Crippen LogP contribution in [0.1, 0.15) is 45.4 Å². The predicted octanol–water partition coefficient (Wildman–Crippen LogP) is 3.57. The molecule has 0 aromatic rings. The molecule has 0 bridgehead atoms. The van der Waals surface area contributed by atoms with E-state index in [0.717, 1.165) is 12.2 Å². The topological polar surface area (TPSA) is 29.5 Å². The van der Waals surface area contributed by atoms with Crippen molar-refractivity contribution in [1.82, 2.24) is 4.90 Å². The van der Waals surface area contributed by atoms with Gasteiger partial charge in [0, 0.05) is 32.9 Å². The van der Waals surface area contributed by atoms with Gasteiger partial charge in [-0.3, -0.25) is 4.79 Å². The minimum absolute atomic E-state index is 0.0312. The molecule has 3 nitrogen and oxygen atoms in total. The molecule has 22 heavy (non-hydrogen) atoms. The van der Waals surface area contributed by atoms with Gasteiger partial charge in [0.15, 0.2) is 0 Å². The van der Waals surface area contributed by atoms with Gasteiger partial charge in [0.25, 0.3) is 0 Å². The molecular weight excluding hydrogens is 281 g/mol. The summed E-state index contributed by atoms with van der Waals surface area (Å²) in [5.41, 5.74) is -0.0548. The average Bonchev–Trinajstić information content (AvgIpc) is 2.45. The molecule has 1 aliphatic heterocycles. The lowest BCUT2D eigenvalue weighted by Crippen LogP contribution is -2.46. The van der Waals surface area contributed by atoms with Crippen molar-refractivity contribution in [2.45, 2.75) is 51.1 Å². The first-order chi connectivity index (χ1) is 10.6. The molecule has 4 heteroatoms. The van der Waals surface area contributed by atoms with E-state index in [1.54, 1.807) is 11.8 Å². The molecule has 0 aromatic carbocycles. The van der Waals surface area contributed by atoms with E-state index in [9.17, 15) is 9.18 Å². The maximum atomic E-state index is 14.9. The highest BCUT2D eigenvalue weighted by Gasteiger charge is 2.37. The molecule has 1 heterocycles. The number of carbonyl (C=O) groups excluding carboxylic acids is 1. The van der Waals surface area contributed by atoms with Gasteiger partial charge in [-0.05, 0) is 43.3 Å². The first-order valence-electron chi connectivity index (χ1n) is 8.38. The van der Waals surface area contributed by atoms with Gasteiger partial charge in [-0.25, -0.2) is 4.39 Å². The maximum Gasteiger partial charge on any atom is 0.219 e. The van der Waals surface area contributed by atoms with Crippen LogP contribution in [0, 0.1) is 12.3 Å². The molecule has 1 saturated carbocycles. The third-order valence-electron chi connectivity index (χ3n) is 5.16. The Hall–Kier alpha value is -1.32. The van der Waals surface area contributed by atoms with E-state index >= 15 is 0 Å². The first kappa shape index (κ1) is 15.6. The number of hydrogen-bond acceptors (Lipinski definition) is 2. The number of alkyl halides is 1. The second-order valence-electron chi connectivity index (χ2n) is 6.74. The molecule has 0 spiro atoms. The van der Waals surface area contributed by atoms with Gasteiger partial charge in [-0.2, -0.15) is 0 Å². The highest BCUT2D eigenvalue weighted by Crippen LogP contribution is 2.39. The summed E-state index contributed by atoms with van der Waals surface area (Å²) >= 11 is 0. The van der Waals surface area contributed by atoms with Crippen molar-refractivity contribution < 1.29 is 13.9 Å². The molecule has 121 valence electrons. The molecule has 1 saturated heterocycles. The van der Waals surface area contributed by atoms with Crippen LogP contribution < -0.4 is 0 Å². The van der Waals surface area contributed by atoms with Crippen LogP contribution in [0.5, 0.6) is 0 Å². The smallest absolute Gasteiger partial charge is 0.219 e. The fraction of sp³-hybridized carbons (Fsp3) is 0.667. The fourth-order valence-corrected chi connectivity index (χ4v) is 3.34. The van der Waals surface area contributed by atoms with Crippen LogP contribution in [-0.4, -0.2) is 36.2 Å². The number of ether oxygens (including phenoxy) is 1. The highest BCUT2D eigenvalue weighted by atomic mass is 19.1. The highest BCUT2D eigenvalue weighted by molar-refractivity contribution is 5.73. The monoisotopic (exact) mass is 306 g/mol. The van der Waals surface area contributed by atoms with Gasteiger partial charge in [-0.1, -0.05) is 12.5 Å². The molecule has 0 unspecified atom stereocenters. The van der Waals surface area contributed by atoms with E-state index in [1.165, 1.54) is 24.8 Å².